The van der Waals surface area contributed by atoms with E-state index in [4.69, 9.17) is 0 Å². The Morgan fingerprint density at radius 2 is 1.44 bits per heavy atom. The average molecular weight is 674 g/mol. The summed E-state index contributed by atoms with van der Waals surface area (Å²) in [6, 6.07) is 22.2. The zero-order valence-corrected chi connectivity index (χ0v) is 29.3. The molecule has 9 heteroatoms. The Morgan fingerprint density at radius 3 is 1.98 bits per heavy atom. The van der Waals surface area contributed by atoms with Crippen LogP contribution in [0.15, 0.2) is 78.9 Å². The minimum atomic E-state index is -3.91. The number of halogens is 1. The van der Waals surface area contributed by atoms with Gasteiger partial charge < -0.3 is 10.2 Å². The molecule has 0 spiro atoms. The molecule has 0 radical (unpaired) electrons. The van der Waals surface area contributed by atoms with E-state index >= 15 is 4.39 Å². The van der Waals surface area contributed by atoms with Crippen LogP contribution in [-0.4, -0.2) is 49.5 Å². The molecule has 3 aromatic rings. The topological polar surface area (TPSA) is 86.8 Å². The van der Waals surface area contributed by atoms with E-state index in [1.165, 1.54) is 55.1 Å². The Hall–Kier alpha value is -3.72. The van der Waals surface area contributed by atoms with Gasteiger partial charge in [-0.05, 0) is 112 Å². The molecule has 48 heavy (non-hydrogen) atoms. The first-order valence-electron chi connectivity index (χ1n) is 17.2. The quantitative estimate of drug-likeness (QED) is 0.248. The van der Waals surface area contributed by atoms with Crippen molar-refractivity contribution in [3.05, 3.63) is 101 Å². The summed E-state index contributed by atoms with van der Waals surface area (Å²) in [5.74, 6) is 0.827. The van der Waals surface area contributed by atoms with Crippen molar-refractivity contribution < 1.29 is 22.4 Å². The number of benzene rings is 3. The van der Waals surface area contributed by atoms with Gasteiger partial charge in [0.15, 0.2) is 0 Å². The van der Waals surface area contributed by atoms with Crippen molar-refractivity contribution in [2.75, 3.05) is 17.1 Å². The first kappa shape index (κ1) is 34.2. The number of hydrogen-bond acceptors (Lipinski definition) is 4. The van der Waals surface area contributed by atoms with E-state index in [1.807, 2.05) is 63.2 Å². The van der Waals surface area contributed by atoms with Crippen LogP contribution in [0.25, 0.3) is 0 Å². The Morgan fingerprint density at radius 1 is 0.875 bits per heavy atom. The molecule has 7 nitrogen and oxygen atoms in total. The summed E-state index contributed by atoms with van der Waals surface area (Å²) in [4.78, 5) is 29.6. The predicted octanol–water partition coefficient (Wildman–Crippen LogP) is 6.61. The fourth-order valence-electron chi connectivity index (χ4n) is 8.88. The van der Waals surface area contributed by atoms with Crippen molar-refractivity contribution in [3.63, 3.8) is 0 Å². The molecule has 0 saturated heterocycles. The number of nitrogens with one attached hydrogen (secondary N) is 1. The van der Waals surface area contributed by atoms with Crippen LogP contribution in [0.3, 0.4) is 0 Å². The van der Waals surface area contributed by atoms with Crippen LogP contribution in [0.4, 0.5) is 10.1 Å². The number of anilines is 1. The SMILES string of the molecule is CC(C)(C)NC(=O)[C@H](Cc1ccccc1)N(Cc1ccccc1F)C(=O)CN(c1ccc(C23CC4CC(CC(C4)C2)C3)cc1)S(C)(=O)=O. The zero-order chi connectivity index (χ0) is 34.3. The molecule has 4 bridgehead atoms. The Bertz CT molecular complexity index is 1700. The van der Waals surface area contributed by atoms with Gasteiger partial charge >= 0.3 is 0 Å². The lowest BCUT2D eigenvalue weighted by molar-refractivity contribution is -0.140. The normalized spacial score (nSPS) is 23.8. The lowest BCUT2D eigenvalue weighted by Gasteiger charge is -2.57. The molecule has 0 aromatic heterocycles. The van der Waals surface area contributed by atoms with Crippen LogP contribution < -0.4 is 9.62 Å². The monoisotopic (exact) mass is 673 g/mol. The fraction of sp³-hybridized carbons (Fsp3) is 0.487. The van der Waals surface area contributed by atoms with Gasteiger partial charge in [0.05, 0.1) is 11.9 Å². The second kappa shape index (κ2) is 13.3. The molecule has 2 amide bonds. The highest BCUT2D eigenvalue weighted by molar-refractivity contribution is 7.92. The smallest absolute Gasteiger partial charge is 0.244 e. The number of nitrogens with zero attached hydrogens (tertiary/aromatic N) is 2. The minimum Gasteiger partial charge on any atom is -0.350 e. The van der Waals surface area contributed by atoms with Crippen LogP contribution in [0, 0.1) is 23.6 Å². The molecule has 7 rings (SSSR count). The summed E-state index contributed by atoms with van der Waals surface area (Å²) in [6.45, 7) is 4.82. The average Bonchev–Trinajstić information content (AvgIpc) is 3.01. The molecule has 0 unspecified atom stereocenters. The highest BCUT2D eigenvalue weighted by Gasteiger charge is 2.51. The summed E-state index contributed by atoms with van der Waals surface area (Å²) < 4.78 is 42.8. The van der Waals surface area contributed by atoms with E-state index in [0.717, 1.165) is 33.9 Å². The van der Waals surface area contributed by atoms with Crippen molar-refractivity contribution in [2.24, 2.45) is 17.8 Å². The van der Waals surface area contributed by atoms with Gasteiger partial charge in [0.2, 0.25) is 21.8 Å². The Kier molecular flexibility index (Phi) is 9.46. The molecule has 4 saturated carbocycles. The van der Waals surface area contributed by atoms with Crippen molar-refractivity contribution in [3.8, 4) is 0 Å². The highest BCUT2D eigenvalue weighted by Crippen LogP contribution is 2.60. The van der Waals surface area contributed by atoms with Gasteiger partial charge in [0, 0.05) is 24.1 Å². The third-order valence-electron chi connectivity index (χ3n) is 10.6. The van der Waals surface area contributed by atoms with Crippen molar-refractivity contribution in [1.82, 2.24) is 10.2 Å². The van der Waals surface area contributed by atoms with Crippen LogP contribution >= 0.6 is 0 Å². The summed E-state index contributed by atoms with van der Waals surface area (Å²) in [6.07, 6.45) is 8.84. The molecule has 3 aromatic carbocycles. The lowest BCUT2D eigenvalue weighted by Crippen LogP contribution is -2.56. The maximum Gasteiger partial charge on any atom is 0.244 e. The van der Waals surface area contributed by atoms with Gasteiger partial charge in [-0.3, -0.25) is 13.9 Å². The number of sulfonamides is 1. The number of carbonyl (C=O) groups excluding carboxylic acids is 2. The molecule has 4 fully saturated rings. The van der Waals surface area contributed by atoms with Crippen LogP contribution in [-0.2, 0) is 38.0 Å². The van der Waals surface area contributed by atoms with Crippen LogP contribution in [0.5, 0.6) is 0 Å². The summed E-state index contributed by atoms with van der Waals surface area (Å²) in [7, 11) is -3.91. The second-order valence-electron chi connectivity index (χ2n) is 15.6. The number of hydrogen-bond donors (Lipinski definition) is 1. The van der Waals surface area contributed by atoms with E-state index in [-0.39, 0.29) is 23.9 Å². The van der Waals surface area contributed by atoms with E-state index in [0.29, 0.717) is 5.69 Å². The zero-order valence-electron chi connectivity index (χ0n) is 28.5. The molecule has 0 aliphatic heterocycles. The summed E-state index contributed by atoms with van der Waals surface area (Å²) in [5.41, 5.74) is 2.25. The maximum absolute atomic E-state index is 15.1. The fourth-order valence-corrected chi connectivity index (χ4v) is 9.73. The van der Waals surface area contributed by atoms with E-state index in [2.05, 4.69) is 17.4 Å². The third-order valence-corrected chi connectivity index (χ3v) is 11.7. The van der Waals surface area contributed by atoms with Crippen molar-refractivity contribution in [2.45, 2.75) is 89.3 Å². The number of rotatable bonds is 11. The van der Waals surface area contributed by atoms with E-state index < -0.39 is 45.8 Å². The number of carbonyl (C=O) groups is 2. The van der Waals surface area contributed by atoms with Gasteiger partial charge in [0.25, 0.3) is 0 Å². The molecule has 0 heterocycles. The first-order valence-corrected chi connectivity index (χ1v) is 19.0. The molecule has 1 N–H and O–H groups in total. The van der Waals surface area contributed by atoms with Crippen LogP contribution in [0.1, 0.15) is 76.0 Å². The molecule has 1 atom stereocenters. The van der Waals surface area contributed by atoms with Gasteiger partial charge in [-0.1, -0.05) is 60.7 Å². The molecular weight excluding hydrogens is 626 g/mol. The second-order valence-corrected chi connectivity index (χ2v) is 17.5. The highest BCUT2D eigenvalue weighted by atomic mass is 32.2. The summed E-state index contributed by atoms with van der Waals surface area (Å²) in [5, 5.41) is 2.99. The Labute approximate surface area is 285 Å². The minimum absolute atomic E-state index is 0.153. The third kappa shape index (κ3) is 7.61. The molecule has 4 aliphatic rings. The first-order chi connectivity index (χ1) is 22.7. The van der Waals surface area contributed by atoms with E-state index in [9.17, 15) is 18.0 Å². The number of amides is 2. The summed E-state index contributed by atoms with van der Waals surface area (Å²) >= 11 is 0. The van der Waals surface area contributed by atoms with Gasteiger partial charge in [-0.2, -0.15) is 0 Å². The Balaban J connectivity index is 1.32. The standard InChI is InChI=1S/C39H48FN3O4S/c1-38(2,3)41-37(45)35(21-27-10-6-5-7-11-27)42(25-31-12-8-9-13-34(31)40)36(44)26-43(48(4,46)47)33-16-14-32(15-17-33)39-22-28-18-29(23-39)20-30(19-28)24-39/h5-17,28-30,35H,18-26H2,1-4H3,(H,41,45)/t28?,29?,30?,35-,39?/m0/s1. The van der Waals surface area contributed by atoms with Crippen molar-refractivity contribution in [1.29, 1.82) is 0 Å². The molecule has 256 valence electrons. The van der Waals surface area contributed by atoms with Gasteiger partial charge in [-0.25, -0.2) is 12.8 Å². The van der Waals surface area contributed by atoms with E-state index in [1.54, 1.807) is 18.2 Å². The van der Waals surface area contributed by atoms with Gasteiger partial charge in [0.1, 0.15) is 18.4 Å². The lowest BCUT2D eigenvalue weighted by atomic mass is 9.48. The largest absolute Gasteiger partial charge is 0.350 e. The maximum atomic E-state index is 15.1. The van der Waals surface area contributed by atoms with Gasteiger partial charge in [-0.15, -0.1) is 0 Å². The molecular formula is C39H48FN3O4S. The molecule has 4 aliphatic carbocycles. The van der Waals surface area contributed by atoms with Crippen molar-refractivity contribution >= 4 is 27.5 Å². The van der Waals surface area contributed by atoms with Crippen LogP contribution in [0.2, 0.25) is 0 Å². The predicted molar refractivity (Wildman–Crippen MR) is 187 cm³/mol.